The van der Waals surface area contributed by atoms with Crippen LogP contribution in [0, 0.1) is 0 Å². The number of nitrogens with zero attached hydrogens (tertiary/aromatic N) is 3. The third-order valence-electron chi connectivity index (χ3n) is 2.07. The lowest BCUT2D eigenvalue weighted by molar-refractivity contribution is 0.416. The summed E-state index contributed by atoms with van der Waals surface area (Å²) in [6.45, 7) is 0. The van der Waals surface area contributed by atoms with Crippen molar-refractivity contribution in [1.29, 1.82) is 0 Å². The summed E-state index contributed by atoms with van der Waals surface area (Å²) in [4.78, 5) is 4.18. The molecule has 0 saturated carbocycles. The lowest BCUT2D eigenvalue weighted by Gasteiger charge is -2.07. The summed E-state index contributed by atoms with van der Waals surface area (Å²) in [7, 11) is 1.61. The molecule has 1 heterocycles. The normalized spacial score (nSPS) is 9.88. The molecular formula is C10H11N5O. The van der Waals surface area contributed by atoms with Crippen molar-refractivity contribution in [2.75, 3.05) is 12.5 Å². The fraction of sp³-hybridized carbons (Fsp3) is 0.100. The van der Waals surface area contributed by atoms with E-state index < -0.39 is 0 Å². The van der Waals surface area contributed by atoms with Crippen LogP contribution in [0.5, 0.6) is 5.75 Å². The third-order valence-corrected chi connectivity index (χ3v) is 2.07. The van der Waals surface area contributed by atoms with Gasteiger partial charge in [0.2, 0.25) is 0 Å². The van der Waals surface area contributed by atoms with Gasteiger partial charge in [0.15, 0.2) is 0 Å². The Morgan fingerprint density at radius 3 is 2.88 bits per heavy atom. The molecule has 0 aliphatic carbocycles. The van der Waals surface area contributed by atoms with Crippen molar-refractivity contribution >= 4 is 5.95 Å². The maximum atomic E-state index is 5.23. The summed E-state index contributed by atoms with van der Waals surface area (Å²) in [6, 6.07) is 7.53. The molecule has 0 fully saturated rings. The maximum Gasteiger partial charge on any atom is 0.257 e. The van der Waals surface area contributed by atoms with Crippen molar-refractivity contribution in [3.05, 3.63) is 30.5 Å². The van der Waals surface area contributed by atoms with Gasteiger partial charge in [-0.2, -0.15) is 5.10 Å². The molecule has 6 heteroatoms. The van der Waals surface area contributed by atoms with E-state index in [9.17, 15) is 0 Å². The van der Waals surface area contributed by atoms with E-state index in [1.54, 1.807) is 13.3 Å². The molecular weight excluding hydrogens is 206 g/mol. The number of benzene rings is 1. The van der Waals surface area contributed by atoms with E-state index in [-0.39, 0.29) is 5.95 Å². The molecule has 0 amide bonds. The van der Waals surface area contributed by atoms with E-state index in [0.717, 1.165) is 11.3 Å². The fourth-order valence-corrected chi connectivity index (χ4v) is 1.35. The number of ether oxygens (including phenoxy) is 1. The zero-order chi connectivity index (χ0) is 11.4. The van der Waals surface area contributed by atoms with Crippen LogP contribution in [0.15, 0.2) is 30.5 Å². The van der Waals surface area contributed by atoms with Gasteiger partial charge in [0.05, 0.1) is 19.0 Å². The van der Waals surface area contributed by atoms with E-state index in [1.807, 2.05) is 24.3 Å². The molecule has 2 aromatic rings. The molecule has 16 heavy (non-hydrogen) atoms. The Bertz CT molecular complexity index is 488. The van der Waals surface area contributed by atoms with Gasteiger partial charge in [0.25, 0.3) is 5.95 Å². The standard InChI is InChI=1S/C10H11N5O/c1-16-9-5-3-2-4-7(9)8-6-12-15-10(13-8)14-11/h2-6H,11H2,1H3,(H,13,14,15). The van der Waals surface area contributed by atoms with Crippen LogP contribution in [0.2, 0.25) is 0 Å². The van der Waals surface area contributed by atoms with Crippen LogP contribution < -0.4 is 16.0 Å². The topological polar surface area (TPSA) is 86.0 Å². The van der Waals surface area contributed by atoms with E-state index in [0.29, 0.717) is 5.69 Å². The highest BCUT2D eigenvalue weighted by atomic mass is 16.5. The van der Waals surface area contributed by atoms with Crippen LogP contribution in [0.1, 0.15) is 0 Å². The van der Waals surface area contributed by atoms with Gasteiger partial charge in [-0.25, -0.2) is 10.8 Å². The van der Waals surface area contributed by atoms with Crippen LogP contribution in [0.4, 0.5) is 5.95 Å². The Kier molecular flexibility index (Phi) is 2.93. The molecule has 1 aromatic heterocycles. The van der Waals surface area contributed by atoms with Gasteiger partial charge in [-0.1, -0.05) is 12.1 Å². The molecule has 0 bridgehead atoms. The van der Waals surface area contributed by atoms with Gasteiger partial charge in [-0.15, -0.1) is 5.10 Å². The van der Waals surface area contributed by atoms with Gasteiger partial charge in [0.1, 0.15) is 5.75 Å². The second kappa shape index (κ2) is 4.54. The van der Waals surface area contributed by atoms with E-state index in [2.05, 4.69) is 20.6 Å². The smallest absolute Gasteiger partial charge is 0.257 e. The number of nitrogens with one attached hydrogen (secondary N) is 1. The number of aromatic nitrogens is 3. The van der Waals surface area contributed by atoms with E-state index in [4.69, 9.17) is 10.6 Å². The highest BCUT2D eigenvalue weighted by molar-refractivity contribution is 5.66. The number of methoxy groups -OCH3 is 1. The van der Waals surface area contributed by atoms with Gasteiger partial charge < -0.3 is 4.74 Å². The zero-order valence-electron chi connectivity index (χ0n) is 8.71. The van der Waals surface area contributed by atoms with Gasteiger partial charge in [0, 0.05) is 5.56 Å². The van der Waals surface area contributed by atoms with Crippen molar-refractivity contribution < 1.29 is 4.74 Å². The predicted octanol–water partition coefficient (Wildman–Crippen LogP) is 0.833. The minimum absolute atomic E-state index is 0.267. The van der Waals surface area contributed by atoms with E-state index >= 15 is 0 Å². The van der Waals surface area contributed by atoms with Crippen LogP contribution in [0.3, 0.4) is 0 Å². The number of hydrogen-bond acceptors (Lipinski definition) is 6. The maximum absolute atomic E-state index is 5.23. The molecule has 0 unspecified atom stereocenters. The van der Waals surface area contributed by atoms with Crippen molar-refractivity contribution in [2.45, 2.75) is 0 Å². The van der Waals surface area contributed by atoms with Crippen molar-refractivity contribution in [3.63, 3.8) is 0 Å². The number of para-hydroxylation sites is 1. The quantitative estimate of drug-likeness (QED) is 0.585. The third kappa shape index (κ3) is 1.91. The molecule has 0 aliphatic heterocycles. The Labute approximate surface area is 92.5 Å². The lowest BCUT2D eigenvalue weighted by atomic mass is 10.1. The minimum Gasteiger partial charge on any atom is -0.496 e. The molecule has 0 aliphatic rings. The molecule has 0 atom stereocenters. The average Bonchev–Trinajstić information content (AvgIpc) is 2.38. The molecule has 0 radical (unpaired) electrons. The zero-order valence-corrected chi connectivity index (χ0v) is 8.71. The Morgan fingerprint density at radius 2 is 2.12 bits per heavy atom. The number of hydrogen-bond donors (Lipinski definition) is 2. The highest BCUT2D eigenvalue weighted by Gasteiger charge is 2.07. The van der Waals surface area contributed by atoms with Crippen LogP contribution >= 0.6 is 0 Å². The van der Waals surface area contributed by atoms with Crippen LogP contribution in [-0.2, 0) is 0 Å². The number of nitrogen functional groups attached to an aromatic ring is 1. The summed E-state index contributed by atoms with van der Waals surface area (Å²) < 4.78 is 5.23. The largest absolute Gasteiger partial charge is 0.496 e. The first-order valence-electron chi connectivity index (χ1n) is 4.65. The summed E-state index contributed by atoms with van der Waals surface area (Å²) in [6.07, 6.45) is 1.55. The average molecular weight is 217 g/mol. The van der Waals surface area contributed by atoms with Gasteiger partial charge in [-0.3, -0.25) is 5.43 Å². The summed E-state index contributed by atoms with van der Waals surface area (Å²) in [5, 5.41) is 7.50. The molecule has 82 valence electrons. The molecule has 6 nitrogen and oxygen atoms in total. The number of nitrogens with two attached hydrogens (primary N) is 1. The highest BCUT2D eigenvalue weighted by Crippen LogP contribution is 2.27. The van der Waals surface area contributed by atoms with Crippen LogP contribution in [-0.4, -0.2) is 22.3 Å². The molecule has 2 rings (SSSR count). The van der Waals surface area contributed by atoms with Crippen molar-refractivity contribution in [2.24, 2.45) is 5.84 Å². The fourth-order valence-electron chi connectivity index (χ4n) is 1.35. The molecule has 1 aromatic carbocycles. The Morgan fingerprint density at radius 1 is 1.31 bits per heavy atom. The van der Waals surface area contributed by atoms with Crippen molar-refractivity contribution in [1.82, 2.24) is 15.2 Å². The second-order valence-electron chi connectivity index (χ2n) is 3.01. The number of anilines is 1. The van der Waals surface area contributed by atoms with Gasteiger partial charge in [-0.05, 0) is 12.1 Å². The first-order valence-corrected chi connectivity index (χ1v) is 4.65. The SMILES string of the molecule is COc1ccccc1-c1cnnc(NN)n1. The lowest BCUT2D eigenvalue weighted by Crippen LogP contribution is -2.11. The van der Waals surface area contributed by atoms with E-state index in [1.165, 1.54) is 0 Å². The number of rotatable bonds is 3. The van der Waals surface area contributed by atoms with Crippen LogP contribution in [0.25, 0.3) is 11.3 Å². The second-order valence-corrected chi connectivity index (χ2v) is 3.01. The first kappa shape index (κ1) is 10.3. The summed E-state index contributed by atoms with van der Waals surface area (Å²) >= 11 is 0. The molecule has 3 N–H and O–H groups in total. The minimum atomic E-state index is 0.267. The first-order chi connectivity index (χ1) is 7.85. The Balaban J connectivity index is 2.49. The Hall–Kier alpha value is -2.21. The molecule has 0 spiro atoms. The summed E-state index contributed by atoms with van der Waals surface area (Å²) in [5.41, 5.74) is 3.85. The predicted molar refractivity (Wildman–Crippen MR) is 59.6 cm³/mol. The van der Waals surface area contributed by atoms with Crippen molar-refractivity contribution in [3.8, 4) is 17.0 Å². The number of hydrazine groups is 1. The monoisotopic (exact) mass is 217 g/mol. The summed E-state index contributed by atoms with van der Waals surface area (Å²) in [5.74, 6) is 6.22. The van der Waals surface area contributed by atoms with Gasteiger partial charge >= 0.3 is 0 Å². The molecule has 0 saturated heterocycles.